The molecule has 0 unspecified atom stereocenters. The number of para-hydroxylation sites is 1. The molecule has 2 heterocycles. The molecule has 40 heavy (non-hydrogen) atoms. The molecule has 2 amide bonds. The third-order valence-corrected chi connectivity index (χ3v) is 7.27. The predicted octanol–water partition coefficient (Wildman–Crippen LogP) is 4.40. The molecular weight excluding hydrogens is 500 g/mol. The molecule has 8 nitrogen and oxygen atoms in total. The molecule has 8 heteroatoms. The molecular formula is C32H38N6O2. The molecule has 0 N–H and O–H groups in total. The van der Waals surface area contributed by atoms with Crippen LogP contribution in [0.3, 0.4) is 0 Å². The van der Waals surface area contributed by atoms with Crippen molar-refractivity contribution < 1.29 is 9.59 Å². The van der Waals surface area contributed by atoms with Crippen molar-refractivity contribution in [3.63, 3.8) is 0 Å². The first-order chi connectivity index (χ1) is 19.5. The number of rotatable bonds is 6. The summed E-state index contributed by atoms with van der Waals surface area (Å²) in [6, 6.07) is 25.5. The number of carbonyl (C=O) groups excluding carboxylic acids is 2. The maximum absolute atomic E-state index is 13.7. The van der Waals surface area contributed by atoms with E-state index >= 15 is 0 Å². The van der Waals surface area contributed by atoms with Gasteiger partial charge in [0.2, 0.25) is 11.8 Å². The quantitative estimate of drug-likeness (QED) is 0.364. The van der Waals surface area contributed by atoms with Crippen molar-refractivity contribution in [1.82, 2.24) is 24.8 Å². The predicted molar refractivity (Wildman–Crippen MR) is 158 cm³/mol. The Labute approximate surface area is 236 Å². The molecule has 1 aromatic heterocycles. The van der Waals surface area contributed by atoms with Crippen molar-refractivity contribution in [3.05, 3.63) is 90.0 Å². The molecule has 4 aromatic rings. The average Bonchev–Trinajstić information content (AvgIpc) is 3.34. The second-order valence-electron chi connectivity index (χ2n) is 10.9. The normalized spacial score (nSPS) is 15.2. The number of anilines is 1. The lowest BCUT2D eigenvalue weighted by atomic mass is 10.1. The summed E-state index contributed by atoms with van der Waals surface area (Å²) in [6.07, 6.45) is 1.20. The Morgan fingerprint density at radius 2 is 1.45 bits per heavy atom. The highest BCUT2D eigenvalue weighted by atomic mass is 16.2. The Kier molecular flexibility index (Phi) is 8.86. The van der Waals surface area contributed by atoms with E-state index < -0.39 is 0 Å². The summed E-state index contributed by atoms with van der Waals surface area (Å²) in [5, 5.41) is 9.01. The zero-order valence-electron chi connectivity index (χ0n) is 23.4. The van der Waals surface area contributed by atoms with Gasteiger partial charge in [-0.25, -0.2) is 0 Å². The van der Waals surface area contributed by atoms with E-state index in [-0.39, 0.29) is 18.4 Å². The molecule has 0 fully saturated rings. The second-order valence-corrected chi connectivity index (χ2v) is 10.9. The maximum atomic E-state index is 13.7. The summed E-state index contributed by atoms with van der Waals surface area (Å²) in [7, 11) is 0. The van der Waals surface area contributed by atoms with Crippen LogP contribution in [0.5, 0.6) is 0 Å². The smallest absolute Gasteiger partial charge is 0.246 e. The number of fused-ring (bicyclic) bond motifs is 2. The summed E-state index contributed by atoms with van der Waals surface area (Å²) in [4.78, 5) is 35.1. The minimum Gasteiger partial charge on any atom is -0.335 e. The average molecular weight is 539 g/mol. The van der Waals surface area contributed by atoms with E-state index in [1.165, 1.54) is 4.80 Å². The van der Waals surface area contributed by atoms with Crippen LogP contribution in [0.25, 0.3) is 11.0 Å². The van der Waals surface area contributed by atoms with Gasteiger partial charge in [0.05, 0.1) is 6.42 Å². The molecule has 5 rings (SSSR count). The first-order valence-corrected chi connectivity index (χ1v) is 14.2. The Bertz CT molecular complexity index is 1400. The van der Waals surface area contributed by atoms with Crippen LogP contribution in [-0.4, -0.2) is 69.3 Å². The molecule has 0 atom stereocenters. The highest BCUT2D eigenvalue weighted by Gasteiger charge is 2.24. The third-order valence-electron chi connectivity index (χ3n) is 7.27. The first-order valence-electron chi connectivity index (χ1n) is 14.2. The summed E-state index contributed by atoms with van der Waals surface area (Å²) in [5.41, 5.74) is 4.38. The lowest BCUT2D eigenvalue weighted by Crippen LogP contribution is -2.41. The number of nitrogens with zero attached hydrogens (tertiary/aromatic N) is 6. The third kappa shape index (κ3) is 6.93. The summed E-state index contributed by atoms with van der Waals surface area (Å²) >= 11 is 0. The summed E-state index contributed by atoms with van der Waals surface area (Å²) in [6.45, 7) is 8.73. The minimum absolute atomic E-state index is 0.0407. The van der Waals surface area contributed by atoms with Crippen molar-refractivity contribution in [2.45, 2.75) is 39.8 Å². The van der Waals surface area contributed by atoms with Gasteiger partial charge in [0.25, 0.3) is 0 Å². The van der Waals surface area contributed by atoms with Gasteiger partial charge in [-0.15, -0.1) is 0 Å². The first kappa shape index (κ1) is 27.5. The fourth-order valence-corrected chi connectivity index (χ4v) is 5.37. The van der Waals surface area contributed by atoms with Crippen LogP contribution in [0.1, 0.15) is 31.4 Å². The Balaban J connectivity index is 1.43. The van der Waals surface area contributed by atoms with Gasteiger partial charge in [-0.2, -0.15) is 15.0 Å². The topological polar surface area (TPSA) is 74.6 Å². The van der Waals surface area contributed by atoms with E-state index in [0.29, 0.717) is 32.0 Å². The van der Waals surface area contributed by atoms with Crippen LogP contribution in [0.2, 0.25) is 0 Å². The van der Waals surface area contributed by atoms with Crippen LogP contribution >= 0.6 is 0 Å². The number of amides is 2. The van der Waals surface area contributed by atoms with Crippen molar-refractivity contribution in [1.29, 1.82) is 0 Å². The molecule has 3 aromatic carbocycles. The van der Waals surface area contributed by atoms with E-state index in [1.54, 1.807) is 0 Å². The van der Waals surface area contributed by atoms with Crippen molar-refractivity contribution in [2.75, 3.05) is 37.6 Å². The zero-order valence-corrected chi connectivity index (χ0v) is 23.4. The fourth-order valence-electron chi connectivity index (χ4n) is 5.37. The molecule has 1 aliphatic rings. The van der Waals surface area contributed by atoms with E-state index in [2.05, 4.69) is 28.9 Å². The highest BCUT2D eigenvalue weighted by Crippen LogP contribution is 2.25. The number of carbonyl (C=O) groups is 2. The molecule has 0 saturated carbocycles. The highest BCUT2D eigenvalue weighted by molar-refractivity contribution is 5.95. The Hall–Kier alpha value is -4.04. The number of aromatic nitrogens is 3. The van der Waals surface area contributed by atoms with E-state index in [9.17, 15) is 9.59 Å². The van der Waals surface area contributed by atoms with Gasteiger partial charge in [0.15, 0.2) is 0 Å². The second kappa shape index (κ2) is 12.9. The van der Waals surface area contributed by atoms with Gasteiger partial charge in [0.1, 0.15) is 17.6 Å². The summed E-state index contributed by atoms with van der Waals surface area (Å²) in [5.74, 6) is 0.530. The Morgan fingerprint density at radius 3 is 2.17 bits per heavy atom. The molecule has 0 aliphatic carbocycles. The van der Waals surface area contributed by atoms with Crippen molar-refractivity contribution in [2.24, 2.45) is 5.92 Å². The Morgan fingerprint density at radius 1 is 0.775 bits per heavy atom. The molecule has 0 radical (unpaired) electrons. The number of hydrogen-bond donors (Lipinski definition) is 0. The van der Waals surface area contributed by atoms with Crippen molar-refractivity contribution >= 4 is 28.5 Å². The van der Waals surface area contributed by atoms with Gasteiger partial charge >= 0.3 is 0 Å². The standard InChI is InChI=1S/C32H38N6O2/c1-25(2)22-35-17-10-18-37(31(39)21-26-11-4-3-5-12-26)30-16-9-6-13-27(30)23-36(20-19-35)32(40)24-38-33-28-14-7-8-15-29(28)34-38/h3-9,11-16,25H,10,17-24H2,1-2H3. The number of hydrogen-bond acceptors (Lipinski definition) is 5. The van der Waals surface area contributed by atoms with Crippen LogP contribution in [-0.2, 0) is 29.1 Å². The monoisotopic (exact) mass is 538 g/mol. The fraction of sp³-hybridized carbons (Fsp3) is 0.375. The van der Waals surface area contributed by atoms with E-state index in [1.807, 2.05) is 88.7 Å². The molecule has 1 aliphatic heterocycles. The lowest BCUT2D eigenvalue weighted by molar-refractivity contribution is -0.133. The van der Waals surface area contributed by atoms with Crippen molar-refractivity contribution in [3.8, 4) is 0 Å². The molecule has 0 bridgehead atoms. The van der Waals surface area contributed by atoms with Crippen LogP contribution in [0.4, 0.5) is 5.69 Å². The zero-order chi connectivity index (χ0) is 27.9. The van der Waals surface area contributed by atoms with Gasteiger partial charge in [-0.3, -0.25) is 9.59 Å². The van der Waals surface area contributed by atoms with Gasteiger partial charge in [-0.1, -0.05) is 74.5 Å². The number of benzene rings is 3. The minimum atomic E-state index is -0.0407. The van der Waals surface area contributed by atoms with Crippen LogP contribution < -0.4 is 4.90 Å². The molecule has 208 valence electrons. The maximum Gasteiger partial charge on any atom is 0.246 e. The van der Waals surface area contributed by atoms with E-state index in [4.69, 9.17) is 0 Å². The van der Waals surface area contributed by atoms with Gasteiger partial charge in [0, 0.05) is 38.4 Å². The SMILES string of the molecule is CC(C)CN1CCCN(C(=O)Cc2ccccc2)c2ccccc2CN(C(=O)Cn2nc3ccccc3n2)CC1. The summed E-state index contributed by atoms with van der Waals surface area (Å²) < 4.78 is 0. The molecule has 0 saturated heterocycles. The van der Waals surface area contributed by atoms with Crippen LogP contribution in [0, 0.1) is 5.92 Å². The molecule has 0 spiro atoms. The van der Waals surface area contributed by atoms with Gasteiger partial charge < -0.3 is 14.7 Å². The largest absolute Gasteiger partial charge is 0.335 e. The van der Waals surface area contributed by atoms with Crippen LogP contribution in [0.15, 0.2) is 78.9 Å². The lowest BCUT2D eigenvalue weighted by Gasteiger charge is -2.28. The van der Waals surface area contributed by atoms with E-state index in [0.717, 1.165) is 53.9 Å². The van der Waals surface area contributed by atoms with Gasteiger partial charge in [-0.05, 0) is 48.2 Å².